The largest absolute Gasteiger partial charge is 0.462 e. The molecule has 4 fully saturated rings. The molecule has 0 aromatic heterocycles. The summed E-state index contributed by atoms with van der Waals surface area (Å²) >= 11 is 0. The summed E-state index contributed by atoms with van der Waals surface area (Å²) in [6.45, 7) is 6.53. The highest BCUT2D eigenvalue weighted by molar-refractivity contribution is 5.85. The molecule has 4 aliphatic rings. The van der Waals surface area contributed by atoms with Crippen LogP contribution in [-0.4, -0.2) is 17.8 Å². The lowest BCUT2D eigenvalue weighted by Crippen LogP contribution is -2.54. The van der Waals surface area contributed by atoms with Gasteiger partial charge in [-0.3, -0.25) is 4.79 Å². The van der Waals surface area contributed by atoms with Crippen molar-refractivity contribution in [2.75, 3.05) is 0 Å². The number of hydrazone groups is 1. The molecule has 0 heterocycles. The highest BCUT2D eigenvalue weighted by Gasteiger charge is 2.60. The van der Waals surface area contributed by atoms with Crippen molar-refractivity contribution in [3.8, 4) is 0 Å². The normalized spacial score (nSPS) is 50.7. The van der Waals surface area contributed by atoms with Crippen LogP contribution in [0.5, 0.6) is 0 Å². The molecule has 4 nitrogen and oxygen atoms in total. The van der Waals surface area contributed by atoms with Gasteiger partial charge in [0.15, 0.2) is 0 Å². The zero-order valence-corrected chi connectivity index (χ0v) is 16.1. The van der Waals surface area contributed by atoms with E-state index in [0.29, 0.717) is 5.41 Å². The molecule has 0 amide bonds. The molecule has 0 saturated heterocycles. The van der Waals surface area contributed by atoms with Gasteiger partial charge in [-0.2, -0.15) is 5.10 Å². The van der Waals surface area contributed by atoms with Crippen molar-refractivity contribution in [2.24, 2.45) is 45.4 Å². The maximum absolute atomic E-state index is 11.6. The van der Waals surface area contributed by atoms with Crippen LogP contribution < -0.4 is 5.84 Å². The molecule has 4 heteroatoms. The Morgan fingerprint density at radius 2 is 1.84 bits per heavy atom. The Balaban J connectivity index is 1.57. The first kappa shape index (κ1) is 17.4. The summed E-state index contributed by atoms with van der Waals surface area (Å²) in [5, 5.41) is 4.04. The van der Waals surface area contributed by atoms with Crippen LogP contribution in [0.2, 0.25) is 0 Å². The predicted molar refractivity (Wildman–Crippen MR) is 98.9 cm³/mol. The summed E-state index contributed by atoms with van der Waals surface area (Å²) in [7, 11) is 0. The number of carbonyl (C=O) groups excluding carboxylic acids is 1. The maximum Gasteiger partial charge on any atom is 0.302 e. The number of carbonyl (C=O) groups is 1. The average molecular weight is 347 g/mol. The SMILES string of the molecule is CC(=O)O[C@H]1CC[C@H]2[C@@H]3CC[C@H]4C/C(=N/N)CC[C@]4(C)[C@H]3CC[C@]12C. The van der Waals surface area contributed by atoms with Crippen molar-refractivity contribution in [3.63, 3.8) is 0 Å². The van der Waals surface area contributed by atoms with Crippen LogP contribution in [0.15, 0.2) is 5.10 Å². The molecular formula is C21H34N2O2. The molecule has 4 aliphatic carbocycles. The zero-order chi connectivity index (χ0) is 17.8. The molecule has 4 rings (SSSR count). The van der Waals surface area contributed by atoms with E-state index in [-0.39, 0.29) is 17.5 Å². The minimum absolute atomic E-state index is 0.106. The van der Waals surface area contributed by atoms with Crippen LogP contribution in [0.1, 0.15) is 78.6 Å². The van der Waals surface area contributed by atoms with E-state index in [1.807, 2.05) is 0 Å². The predicted octanol–water partition coefficient (Wildman–Crippen LogP) is 4.28. The second-order valence-corrected chi connectivity index (χ2v) is 9.78. The van der Waals surface area contributed by atoms with Crippen LogP contribution in [0.3, 0.4) is 0 Å². The number of nitrogens with two attached hydrogens (primary N) is 1. The molecule has 0 spiro atoms. The molecule has 0 unspecified atom stereocenters. The third-order valence-corrected chi connectivity index (χ3v) is 8.90. The number of rotatable bonds is 1. The second-order valence-electron chi connectivity index (χ2n) is 9.78. The molecule has 7 atom stereocenters. The van der Waals surface area contributed by atoms with E-state index in [0.717, 1.165) is 42.9 Å². The quantitative estimate of drug-likeness (QED) is 0.438. The van der Waals surface area contributed by atoms with E-state index in [1.54, 1.807) is 6.92 Å². The van der Waals surface area contributed by atoms with Gasteiger partial charge in [0.1, 0.15) is 6.10 Å². The van der Waals surface area contributed by atoms with Crippen LogP contribution in [-0.2, 0) is 9.53 Å². The Labute approximate surface area is 151 Å². The van der Waals surface area contributed by atoms with Crippen molar-refractivity contribution in [3.05, 3.63) is 0 Å². The highest BCUT2D eigenvalue weighted by atomic mass is 16.5. The third-order valence-electron chi connectivity index (χ3n) is 8.90. The van der Waals surface area contributed by atoms with Crippen LogP contribution in [0.25, 0.3) is 0 Å². The van der Waals surface area contributed by atoms with Gasteiger partial charge in [0.05, 0.1) is 0 Å². The highest BCUT2D eigenvalue weighted by Crippen LogP contribution is 2.66. The minimum Gasteiger partial charge on any atom is -0.462 e. The first-order valence-electron chi connectivity index (χ1n) is 10.3. The van der Waals surface area contributed by atoms with E-state index in [1.165, 1.54) is 44.2 Å². The number of hydrogen-bond donors (Lipinski definition) is 1. The number of fused-ring (bicyclic) bond motifs is 5. The Kier molecular flexibility index (Phi) is 4.16. The Bertz CT molecular complexity index is 588. The third kappa shape index (κ3) is 2.54. The minimum atomic E-state index is -0.106. The Morgan fingerprint density at radius 3 is 2.56 bits per heavy atom. The smallest absolute Gasteiger partial charge is 0.302 e. The lowest BCUT2D eigenvalue weighted by molar-refractivity contribution is -0.160. The summed E-state index contributed by atoms with van der Waals surface area (Å²) in [6.07, 6.45) is 11.1. The van der Waals surface area contributed by atoms with Crippen molar-refractivity contribution >= 4 is 11.7 Å². The summed E-state index contributed by atoms with van der Waals surface area (Å²) in [5.74, 6) is 8.63. The second kappa shape index (κ2) is 5.99. The van der Waals surface area contributed by atoms with Crippen LogP contribution in [0, 0.1) is 34.5 Å². The number of esters is 1. The van der Waals surface area contributed by atoms with Gasteiger partial charge >= 0.3 is 5.97 Å². The molecule has 2 N–H and O–H groups in total. The monoisotopic (exact) mass is 346 g/mol. The average Bonchev–Trinajstić information content (AvgIpc) is 2.90. The van der Waals surface area contributed by atoms with Crippen LogP contribution >= 0.6 is 0 Å². The summed E-state index contributed by atoms with van der Waals surface area (Å²) in [6, 6.07) is 0. The summed E-state index contributed by atoms with van der Waals surface area (Å²) in [4.78, 5) is 11.6. The molecule has 140 valence electrons. The van der Waals surface area contributed by atoms with Crippen LogP contribution in [0.4, 0.5) is 0 Å². The number of ether oxygens (including phenoxy) is 1. The van der Waals surface area contributed by atoms with Crippen molar-refractivity contribution in [1.82, 2.24) is 0 Å². The lowest BCUT2D eigenvalue weighted by Gasteiger charge is -2.60. The molecular weight excluding hydrogens is 312 g/mol. The topological polar surface area (TPSA) is 64.7 Å². The summed E-state index contributed by atoms with van der Waals surface area (Å²) < 4.78 is 5.76. The number of nitrogens with zero attached hydrogens (tertiary/aromatic N) is 1. The van der Waals surface area contributed by atoms with Gasteiger partial charge in [0.2, 0.25) is 0 Å². The van der Waals surface area contributed by atoms with Gasteiger partial charge in [-0.15, -0.1) is 0 Å². The summed E-state index contributed by atoms with van der Waals surface area (Å²) in [5.41, 5.74) is 1.89. The van der Waals surface area contributed by atoms with Gasteiger partial charge in [-0.25, -0.2) is 0 Å². The van der Waals surface area contributed by atoms with Crippen molar-refractivity contribution in [1.29, 1.82) is 0 Å². The molecule has 0 aromatic carbocycles. The molecule has 25 heavy (non-hydrogen) atoms. The fourth-order valence-electron chi connectivity index (χ4n) is 7.52. The molecule has 0 aromatic rings. The molecule has 0 aliphatic heterocycles. The van der Waals surface area contributed by atoms with Gasteiger partial charge in [0.25, 0.3) is 0 Å². The van der Waals surface area contributed by atoms with E-state index in [2.05, 4.69) is 18.9 Å². The number of hydrogen-bond acceptors (Lipinski definition) is 4. The van der Waals surface area contributed by atoms with E-state index >= 15 is 0 Å². The molecule has 4 saturated carbocycles. The van der Waals surface area contributed by atoms with Crippen molar-refractivity contribution in [2.45, 2.75) is 84.7 Å². The van der Waals surface area contributed by atoms with Gasteiger partial charge < -0.3 is 10.6 Å². The Hall–Kier alpha value is -1.06. The van der Waals surface area contributed by atoms with E-state index in [9.17, 15) is 4.79 Å². The zero-order valence-electron chi connectivity index (χ0n) is 16.1. The van der Waals surface area contributed by atoms with Crippen molar-refractivity contribution < 1.29 is 9.53 Å². The standard InChI is InChI=1S/C21H34N2O2/c1-13(24)25-19-7-6-17-16-5-4-14-12-15(23-22)8-10-20(14,2)18(16)9-11-21(17,19)3/h14,16-19H,4-12,22H2,1-3H3/b23-15+/t14-,16-,17-,18-,19-,20-,21-/m0/s1. The fraction of sp³-hybridized carbons (Fsp3) is 0.905. The fourth-order valence-corrected chi connectivity index (χ4v) is 7.52. The first-order valence-corrected chi connectivity index (χ1v) is 10.3. The molecule has 0 radical (unpaired) electrons. The van der Waals surface area contributed by atoms with E-state index in [4.69, 9.17) is 10.6 Å². The molecule has 0 bridgehead atoms. The Morgan fingerprint density at radius 1 is 1.08 bits per heavy atom. The van der Waals surface area contributed by atoms with Gasteiger partial charge in [-0.05, 0) is 86.9 Å². The maximum atomic E-state index is 11.6. The first-order chi connectivity index (χ1) is 11.9. The lowest BCUT2D eigenvalue weighted by atomic mass is 9.45. The van der Waals surface area contributed by atoms with E-state index < -0.39 is 0 Å². The van der Waals surface area contributed by atoms with Gasteiger partial charge in [0, 0.05) is 18.1 Å². The van der Waals surface area contributed by atoms with Gasteiger partial charge in [-0.1, -0.05) is 13.8 Å².